The average Bonchev–Trinajstić information content (AvgIpc) is 2.97. The smallest absolute Gasteiger partial charge is 0.379 e. The Morgan fingerprint density at radius 3 is 2.48 bits per heavy atom. The highest BCUT2D eigenvalue weighted by Crippen LogP contribution is 2.29. The van der Waals surface area contributed by atoms with E-state index in [-0.39, 0.29) is 5.56 Å². The van der Waals surface area contributed by atoms with Crippen molar-refractivity contribution >= 4 is 5.91 Å². The Labute approximate surface area is 130 Å². The van der Waals surface area contributed by atoms with Gasteiger partial charge in [0.2, 0.25) is 0 Å². The molecule has 0 unspecified atom stereocenters. The fourth-order valence-corrected chi connectivity index (χ4v) is 1.81. The van der Waals surface area contributed by atoms with E-state index in [9.17, 15) is 23.1 Å². The highest BCUT2D eigenvalue weighted by atomic mass is 19.4. The number of amides is 1. The molecule has 0 saturated heterocycles. The fraction of sp³-hybridized carbons (Fsp3) is 0.333. The number of hydrogen-bond acceptors (Lipinski definition) is 3. The van der Waals surface area contributed by atoms with Crippen molar-refractivity contribution in [1.82, 2.24) is 14.9 Å². The molecule has 2 rings (SSSR count). The topological polar surface area (TPSA) is 67.2 Å². The third kappa shape index (κ3) is 4.32. The van der Waals surface area contributed by atoms with E-state index in [1.807, 2.05) is 4.57 Å². The zero-order chi connectivity index (χ0) is 17.1. The molecule has 1 heterocycles. The number of imidazole rings is 1. The van der Waals surface area contributed by atoms with Crippen molar-refractivity contribution in [3.05, 3.63) is 54.1 Å². The number of hydrogen-bond donors (Lipinski definition) is 2. The Kier molecular flexibility index (Phi) is 4.74. The summed E-state index contributed by atoms with van der Waals surface area (Å²) in [6, 6.07) is 6.45. The second kappa shape index (κ2) is 6.41. The molecule has 23 heavy (non-hydrogen) atoms. The van der Waals surface area contributed by atoms with Gasteiger partial charge in [-0.3, -0.25) is 4.79 Å². The SMILES string of the molecule is C[C@](O)(CNC(=O)c1ccc(Cn2ccnc2)cc1)C(F)(F)F. The van der Waals surface area contributed by atoms with Crippen LogP contribution in [0.15, 0.2) is 43.0 Å². The number of carbonyl (C=O) groups is 1. The largest absolute Gasteiger partial charge is 0.418 e. The predicted molar refractivity (Wildman–Crippen MR) is 76.8 cm³/mol. The standard InChI is InChI=1S/C15H16F3N3O2/c1-14(23,15(16,17)18)9-20-13(22)12-4-2-11(3-5-12)8-21-7-6-19-10-21/h2-7,10,23H,8-9H2,1H3,(H,20,22)/t14-/m0/s1. The maximum Gasteiger partial charge on any atom is 0.418 e. The lowest BCUT2D eigenvalue weighted by atomic mass is 10.1. The van der Waals surface area contributed by atoms with Crippen LogP contribution in [0, 0.1) is 0 Å². The van der Waals surface area contributed by atoms with Crippen LogP contribution in [0.1, 0.15) is 22.8 Å². The van der Waals surface area contributed by atoms with Crippen LogP contribution in [0.2, 0.25) is 0 Å². The van der Waals surface area contributed by atoms with E-state index in [0.29, 0.717) is 13.5 Å². The van der Waals surface area contributed by atoms with E-state index in [0.717, 1.165) is 5.56 Å². The molecular weight excluding hydrogens is 311 g/mol. The number of nitrogens with one attached hydrogen (secondary N) is 1. The summed E-state index contributed by atoms with van der Waals surface area (Å²) in [4.78, 5) is 15.8. The third-order valence-corrected chi connectivity index (χ3v) is 3.34. The van der Waals surface area contributed by atoms with Crippen LogP contribution in [0.25, 0.3) is 0 Å². The van der Waals surface area contributed by atoms with Gasteiger partial charge >= 0.3 is 6.18 Å². The molecule has 0 radical (unpaired) electrons. The summed E-state index contributed by atoms with van der Waals surface area (Å²) in [5.41, 5.74) is -1.83. The molecule has 8 heteroatoms. The molecule has 0 bridgehead atoms. The molecule has 2 N–H and O–H groups in total. The highest BCUT2D eigenvalue weighted by molar-refractivity contribution is 5.94. The van der Waals surface area contributed by atoms with Gasteiger partial charge in [-0.15, -0.1) is 0 Å². The van der Waals surface area contributed by atoms with Gasteiger partial charge in [-0.05, 0) is 24.6 Å². The summed E-state index contributed by atoms with van der Waals surface area (Å²) in [7, 11) is 0. The summed E-state index contributed by atoms with van der Waals surface area (Å²) in [5.74, 6) is -0.677. The molecular formula is C15H16F3N3O2. The van der Waals surface area contributed by atoms with Gasteiger partial charge in [0.05, 0.1) is 12.9 Å². The monoisotopic (exact) mass is 327 g/mol. The number of benzene rings is 1. The van der Waals surface area contributed by atoms with Gasteiger partial charge in [0, 0.05) is 24.5 Å². The van der Waals surface area contributed by atoms with Crippen molar-refractivity contribution in [3.63, 3.8) is 0 Å². The molecule has 124 valence electrons. The number of nitrogens with zero attached hydrogens (tertiary/aromatic N) is 2. The van der Waals surface area contributed by atoms with E-state index >= 15 is 0 Å². The van der Waals surface area contributed by atoms with Gasteiger partial charge in [-0.1, -0.05) is 12.1 Å². The molecule has 0 aliphatic carbocycles. The van der Waals surface area contributed by atoms with Gasteiger partial charge in [0.15, 0.2) is 5.60 Å². The van der Waals surface area contributed by atoms with Crippen LogP contribution < -0.4 is 5.32 Å². The number of carbonyl (C=O) groups excluding carboxylic acids is 1. The first-order valence-corrected chi connectivity index (χ1v) is 6.81. The van der Waals surface area contributed by atoms with Gasteiger partial charge in [-0.25, -0.2) is 4.98 Å². The van der Waals surface area contributed by atoms with Crippen molar-refractivity contribution in [3.8, 4) is 0 Å². The van der Waals surface area contributed by atoms with Crippen molar-refractivity contribution in [2.24, 2.45) is 0 Å². The highest BCUT2D eigenvalue weighted by Gasteiger charge is 2.49. The van der Waals surface area contributed by atoms with Crippen molar-refractivity contribution in [2.75, 3.05) is 6.54 Å². The average molecular weight is 327 g/mol. The van der Waals surface area contributed by atoms with Gasteiger partial charge in [-0.2, -0.15) is 13.2 Å². The molecule has 0 fully saturated rings. The van der Waals surface area contributed by atoms with Gasteiger partial charge in [0.1, 0.15) is 0 Å². The second-order valence-corrected chi connectivity index (χ2v) is 5.39. The Morgan fingerprint density at radius 2 is 1.96 bits per heavy atom. The number of aliphatic hydroxyl groups is 1. The van der Waals surface area contributed by atoms with Crippen LogP contribution in [0.3, 0.4) is 0 Å². The number of halogens is 3. The molecule has 0 aliphatic heterocycles. The molecule has 1 atom stereocenters. The minimum absolute atomic E-state index is 0.220. The summed E-state index contributed by atoms with van der Waals surface area (Å²) in [6.45, 7) is 0.276. The lowest BCUT2D eigenvalue weighted by molar-refractivity contribution is -0.249. The lowest BCUT2D eigenvalue weighted by Gasteiger charge is -2.26. The third-order valence-electron chi connectivity index (χ3n) is 3.34. The Morgan fingerprint density at radius 1 is 1.30 bits per heavy atom. The summed E-state index contributed by atoms with van der Waals surface area (Å²) >= 11 is 0. The number of alkyl halides is 3. The maximum atomic E-state index is 12.5. The van der Waals surface area contributed by atoms with E-state index in [4.69, 9.17) is 0 Å². The lowest BCUT2D eigenvalue weighted by Crippen LogP contribution is -2.51. The first kappa shape index (κ1) is 17.0. The Balaban J connectivity index is 1.95. The molecule has 1 amide bonds. The second-order valence-electron chi connectivity index (χ2n) is 5.39. The van der Waals surface area contributed by atoms with Crippen molar-refractivity contribution in [1.29, 1.82) is 0 Å². The molecule has 1 aromatic heterocycles. The first-order valence-electron chi connectivity index (χ1n) is 6.81. The summed E-state index contributed by atoms with van der Waals surface area (Å²) in [5, 5.41) is 11.4. The molecule has 0 spiro atoms. The zero-order valence-corrected chi connectivity index (χ0v) is 12.3. The van der Waals surface area contributed by atoms with Crippen molar-refractivity contribution in [2.45, 2.75) is 25.2 Å². The van der Waals surface area contributed by atoms with E-state index in [1.165, 1.54) is 12.1 Å². The van der Waals surface area contributed by atoms with Crippen molar-refractivity contribution < 1.29 is 23.1 Å². The maximum absolute atomic E-state index is 12.5. The van der Waals surface area contributed by atoms with E-state index in [1.54, 1.807) is 30.9 Å². The molecule has 5 nitrogen and oxygen atoms in total. The normalized spacial score (nSPS) is 14.3. The van der Waals surface area contributed by atoms with E-state index in [2.05, 4.69) is 10.3 Å². The quantitative estimate of drug-likeness (QED) is 0.882. The van der Waals surface area contributed by atoms with Crippen LogP contribution in [-0.2, 0) is 6.54 Å². The molecule has 1 aromatic carbocycles. The van der Waals surface area contributed by atoms with Crippen LogP contribution in [-0.4, -0.2) is 38.9 Å². The summed E-state index contributed by atoms with van der Waals surface area (Å²) < 4.78 is 39.4. The van der Waals surface area contributed by atoms with Crippen LogP contribution in [0.4, 0.5) is 13.2 Å². The number of aromatic nitrogens is 2. The first-order chi connectivity index (χ1) is 10.7. The molecule has 2 aromatic rings. The number of rotatable bonds is 5. The van der Waals surface area contributed by atoms with Gasteiger partial charge in [0.25, 0.3) is 5.91 Å². The fourth-order valence-electron chi connectivity index (χ4n) is 1.81. The minimum atomic E-state index is -4.81. The predicted octanol–water partition coefficient (Wildman–Crippen LogP) is 1.97. The Hall–Kier alpha value is -2.35. The van der Waals surface area contributed by atoms with Crippen LogP contribution >= 0.6 is 0 Å². The minimum Gasteiger partial charge on any atom is -0.379 e. The Bertz CT molecular complexity index is 650. The van der Waals surface area contributed by atoms with Gasteiger partial charge < -0.3 is 15.0 Å². The molecule has 0 aliphatic rings. The zero-order valence-electron chi connectivity index (χ0n) is 12.3. The molecule has 0 saturated carbocycles. The van der Waals surface area contributed by atoms with E-state index < -0.39 is 24.2 Å². The summed E-state index contributed by atoms with van der Waals surface area (Å²) in [6.07, 6.45) is 0.281. The van der Waals surface area contributed by atoms with Crippen LogP contribution in [0.5, 0.6) is 0 Å².